The highest BCUT2D eigenvalue weighted by Gasteiger charge is 2.14. The first kappa shape index (κ1) is 12.4. The second-order valence-corrected chi connectivity index (χ2v) is 5.33. The molecule has 0 saturated carbocycles. The fourth-order valence-corrected chi connectivity index (χ4v) is 2.38. The molecule has 3 nitrogen and oxygen atoms in total. The van der Waals surface area contributed by atoms with Crippen molar-refractivity contribution in [3.05, 3.63) is 50.3 Å². The van der Waals surface area contributed by atoms with Gasteiger partial charge in [0.1, 0.15) is 5.69 Å². The second-order valence-electron chi connectivity index (χ2n) is 3.65. The summed E-state index contributed by atoms with van der Waals surface area (Å²) >= 11 is 8.03. The second kappa shape index (κ2) is 4.70. The molecule has 88 valence electrons. The lowest BCUT2D eigenvalue weighted by Gasteiger charge is -2.10. The van der Waals surface area contributed by atoms with E-state index in [2.05, 4.69) is 22.6 Å². The molecule has 0 atom stereocenters. The van der Waals surface area contributed by atoms with Gasteiger partial charge in [0.15, 0.2) is 0 Å². The van der Waals surface area contributed by atoms with Crippen molar-refractivity contribution in [1.29, 1.82) is 0 Å². The molecule has 0 aliphatic heterocycles. The Kier molecular flexibility index (Phi) is 3.44. The smallest absolute Gasteiger partial charge is 0.352 e. The molecule has 0 radical (unpaired) electrons. The van der Waals surface area contributed by atoms with Crippen molar-refractivity contribution in [2.75, 3.05) is 0 Å². The molecule has 0 fully saturated rings. The predicted octanol–water partition coefficient (Wildman–Crippen LogP) is 3.74. The molecular formula is C12H9ClINO2. The number of carboxylic acids is 1. The summed E-state index contributed by atoms with van der Waals surface area (Å²) in [6.07, 6.45) is 1.78. The highest BCUT2D eigenvalue weighted by atomic mass is 127. The number of nitrogens with zero attached hydrogens (tertiary/aromatic N) is 1. The van der Waals surface area contributed by atoms with Crippen LogP contribution in [0.1, 0.15) is 16.1 Å². The van der Waals surface area contributed by atoms with Crippen molar-refractivity contribution in [2.45, 2.75) is 6.92 Å². The Morgan fingerprint density at radius 3 is 2.76 bits per heavy atom. The third kappa shape index (κ3) is 2.47. The highest BCUT2D eigenvalue weighted by molar-refractivity contribution is 14.1. The molecule has 0 bridgehead atoms. The molecule has 1 N–H and O–H groups in total. The minimum atomic E-state index is -0.952. The lowest BCUT2D eigenvalue weighted by atomic mass is 10.2. The molecule has 0 aliphatic carbocycles. The zero-order valence-electron chi connectivity index (χ0n) is 8.95. The fourth-order valence-electron chi connectivity index (χ4n) is 1.64. The Bertz CT molecular complexity index is 592. The summed E-state index contributed by atoms with van der Waals surface area (Å²) < 4.78 is 2.52. The number of aryl methyl sites for hydroxylation is 1. The summed E-state index contributed by atoms with van der Waals surface area (Å²) in [5.41, 5.74) is 2.00. The molecule has 1 aromatic carbocycles. The predicted molar refractivity (Wildman–Crippen MR) is 75.2 cm³/mol. The molecule has 0 unspecified atom stereocenters. The molecule has 1 aromatic heterocycles. The third-order valence-electron chi connectivity index (χ3n) is 2.44. The minimum absolute atomic E-state index is 0.236. The Morgan fingerprint density at radius 1 is 1.41 bits per heavy atom. The van der Waals surface area contributed by atoms with Crippen LogP contribution in [-0.2, 0) is 0 Å². The lowest BCUT2D eigenvalue weighted by molar-refractivity contribution is 0.0688. The average molecular weight is 362 g/mol. The largest absolute Gasteiger partial charge is 0.477 e. The van der Waals surface area contributed by atoms with Crippen molar-refractivity contribution >= 4 is 40.2 Å². The number of rotatable bonds is 2. The average Bonchev–Trinajstić information content (AvgIpc) is 2.64. The van der Waals surface area contributed by atoms with Crippen molar-refractivity contribution in [3.63, 3.8) is 0 Å². The van der Waals surface area contributed by atoms with Gasteiger partial charge in [-0.3, -0.25) is 0 Å². The quantitative estimate of drug-likeness (QED) is 0.828. The van der Waals surface area contributed by atoms with E-state index in [0.717, 1.165) is 14.8 Å². The van der Waals surface area contributed by atoms with Crippen LogP contribution < -0.4 is 0 Å². The lowest BCUT2D eigenvalue weighted by Crippen LogP contribution is -2.06. The first-order chi connectivity index (χ1) is 7.99. The van der Waals surface area contributed by atoms with Gasteiger partial charge in [-0.1, -0.05) is 17.7 Å². The van der Waals surface area contributed by atoms with Gasteiger partial charge in [-0.2, -0.15) is 0 Å². The van der Waals surface area contributed by atoms with Crippen molar-refractivity contribution in [1.82, 2.24) is 4.57 Å². The summed E-state index contributed by atoms with van der Waals surface area (Å²) in [5, 5.41) is 9.73. The fraction of sp³-hybridized carbons (Fsp3) is 0.0833. The molecule has 0 spiro atoms. The van der Waals surface area contributed by atoms with Gasteiger partial charge in [-0.05, 0) is 53.3 Å². The standard InChI is InChI=1S/C12H9ClINO2/c1-7-2-3-8(13)4-10(7)15-6-9(14)5-11(15)12(16)17/h2-6H,1H3,(H,16,17). The van der Waals surface area contributed by atoms with Crippen LogP contribution in [0, 0.1) is 10.5 Å². The first-order valence-electron chi connectivity index (χ1n) is 4.87. The summed E-state index contributed by atoms with van der Waals surface area (Å²) in [5.74, 6) is -0.952. The maximum atomic E-state index is 11.1. The zero-order chi connectivity index (χ0) is 12.6. The van der Waals surface area contributed by atoms with Gasteiger partial charge < -0.3 is 9.67 Å². The van der Waals surface area contributed by atoms with Crippen LogP contribution in [0.25, 0.3) is 5.69 Å². The van der Waals surface area contributed by atoms with Crippen LogP contribution in [0.3, 0.4) is 0 Å². The van der Waals surface area contributed by atoms with Crippen LogP contribution in [0.4, 0.5) is 0 Å². The van der Waals surface area contributed by atoms with E-state index in [9.17, 15) is 4.79 Å². The SMILES string of the molecule is Cc1ccc(Cl)cc1-n1cc(I)cc1C(=O)O. The van der Waals surface area contributed by atoms with E-state index in [-0.39, 0.29) is 5.69 Å². The van der Waals surface area contributed by atoms with Gasteiger partial charge in [-0.25, -0.2) is 4.79 Å². The monoisotopic (exact) mass is 361 g/mol. The molecule has 2 aromatic rings. The van der Waals surface area contributed by atoms with Crippen LogP contribution in [0.5, 0.6) is 0 Å². The molecule has 2 rings (SSSR count). The van der Waals surface area contributed by atoms with Gasteiger partial charge in [0.25, 0.3) is 0 Å². The van der Waals surface area contributed by atoms with Crippen LogP contribution >= 0.6 is 34.2 Å². The maximum absolute atomic E-state index is 11.1. The van der Waals surface area contributed by atoms with Gasteiger partial charge in [0.2, 0.25) is 0 Å². The molecule has 0 aliphatic rings. The van der Waals surface area contributed by atoms with Crippen LogP contribution in [0.15, 0.2) is 30.5 Å². The maximum Gasteiger partial charge on any atom is 0.352 e. The first-order valence-corrected chi connectivity index (χ1v) is 6.32. The van der Waals surface area contributed by atoms with E-state index in [0.29, 0.717) is 5.02 Å². The molecular weight excluding hydrogens is 352 g/mol. The van der Waals surface area contributed by atoms with E-state index in [1.54, 1.807) is 29.0 Å². The summed E-state index contributed by atoms with van der Waals surface area (Å²) in [6.45, 7) is 1.92. The van der Waals surface area contributed by atoms with Crippen molar-refractivity contribution in [3.8, 4) is 5.69 Å². The molecule has 1 heterocycles. The number of benzene rings is 1. The van der Waals surface area contributed by atoms with E-state index in [1.165, 1.54) is 0 Å². The number of hydrogen-bond donors (Lipinski definition) is 1. The van der Waals surface area contributed by atoms with Gasteiger partial charge in [-0.15, -0.1) is 0 Å². The Hall–Kier alpha value is -1.01. The van der Waals surface area contributed by atoms with Crippen molar-refractivity contribution < 1.29 is 9.90 Å². The van der Waals surface area contributed by atoms with E-state index in [1.807, 2.05) is 13.0 Å². The number of hydrogen-bond acceptors (Lipinski definition) is 1. The minimum Gasteiger partial charge on any atom is -0.477 e. The summed E-state index contributed by atoms with van der Waals surface area (Å²) in [4.78, 5) is 11.1. The Balaban J connectivity index is 2.67. The molecule has 17 heavy (non-hydrogen) atoms. The number of carbonyl (C=O) groups is 1. The van der Waals surface area contributed by atoms with E-state index < -0.39 is 5.97 Å². The van der Waals surface area contributed by atoms with Gasteiger partial charge in [0.05, 0.1) is 5.69 Å². The third-order valence-corrected chi connectivity index (χ3v) is 3.26. The Labute approximate surface area is 117 Å². The Morgan fingerprint density at radius 2 is 2.12 bits per heavy atom. The van der Waals surface area contributed by atoms with Crippen LogP contribution in [0.2, 0.25) is 5.02 Å². The zero-order valence-corrected chi connectivity index (χ0v) is 11.9. The van der Waals surface area contributed by atoms with E-state index in [4.69, 9.17) is 16.7 Å². The van der Waals surface area contributed by atoms with Gasteiger partial charge >= 0.3 is 5.97 Å². The molecule has 0 saturated heterocycles. The van der Waals surface area contributed by atoms with Gasteiger partial charge in [0, 0.05) is 14.8 Å². The number of carboxylic acid groups (broad SMARTS) is 1. The van der Waals surface area contributed by atoms with Crippen LogP contribution in [-0.4, -0.2) is 15.6 Å². The topological polar surface area (TPSA) is 42.2 Å². The summed E-state index contributed by atoms with van der Waals surface area (Å²) in [6, 6.07) is 7.05. The number of aromatic carboxylic acids is 1. The normalized spacial score (nSPS) is 10.5. The molecule has 5 heteroatoms. The number of halogens is 2. The highest BCUT2D eigenvalue weighted by Crippen LogP contribution is 2.23. The summed E-state index contributed by atoms with van der Waals surface area (Å²) in [7, 11) is 0. The number of aromatic nitrogens is 1. The molecule has 0 amide bonds. The van der Waals surface area contributed by atoms with Crippen molar-refractivity contribution in [2.24, 2.45) is 0 Å². The van der Waals surface area contributed by atoms with E-state index >= 15 is 0 Å².